The van der Waals surface area contributed by atoms with E-state index in [-0.39, 0.29) is 24.2 Å². The fraction of sp³-hybridized carbons (Fsp3) is 0.296. The zero-order valence-electron chi connectivity index (χ0n) is 19.9. The second kappa shape index (κ2) is 10.6. The van der Waals surface area contributed by atoms with Crippen LogP contribution in [0.2, 0.25) is 0 Å². The van der Waals surface area contributed by atoms with E-state index < -0.39 is 47.0 Å². The predicted octanol–water partition coefficient (Wildman–Crippen LogP) is 5.51. The van der Waals surface area contributed by atoms with Gasteiger partial charge in [0.15, 0.2) is 0 Å². The summed E-state index contributed by atoms with van der Waals surface area (Å²) in [5.74, 6) is -2.61. The maximum absolute atomic E-state index is 14.8. The van der Waals surface area contributed by atoms with Crippen molar-refractivity contribution in [2.75, 3.05) is 6.61 Å². The third-order valence-corrected chi connectivity index (χ3v) is 6.38. The highest BCUT2D eigenvalue weighted by Gasteiger charge is 2.46. The van der Waals surface area contributed by atoms with Crippen molar-refractivity contribution in [1.29, 1.82) is 0 Å². The highest BCUT2D eigenvalue weighted by atomic mass is 19.3. The Labute approximate surface area is 214 Å². The van der Waals surface area contributed by atoms with Crippen LogP contribution in [0.5, 0.6) is 5.75 Å². The summed E-state index contributed by atoms with van der Waals surface area (Å²) in [6.45, 7) is -0.330. The van der Waals surface area contributed by atoms with E-state index in [2.05, 4.69) is 15.4 Å². The summed E-state index contributed by atoms with van der Waals surface area (Å²) in [5.41, 5.74) is -1.84. The maximum Gasteiger partial charge on any atom is 0.461 e. The van der Waals surface area contributed by atoms with Crippen LogP contribution in [-0.2, 0) is 12.0 Å². The van der Waals surface area contributed by atoms with E-state index in [1.807, 2.05) is 0 Å². The fourth-order valence-electron chi connectivity index (χ4n) is 4.20. The van der Waals surface area contributed by atoms with Crippen LogP contribution >= 0.6 is 0 Å². The van der Waals surface area contributed by atoms with Crippen molar-refractivity contribution >= 4 is 6.03 Å². The molecule has 1 unspecified atom stereocenters. The van der Waals surface area contributed by atoms with Crippen molar-refractivity contribution in [1.82, 2.24) is 10.6 Å². The number of aliphatic hydroxyl groups excluding tert-OH is 1. The van der Waals surface area contributed by atoms with Gasteiger partial charge in [0.25, 0.3) is 0 Å². The summed E-state index contributed by atoms with van der Waals surface area (Å²) >= 11 is 0. The number of benzene rings is 3. The van der Waals surface area contributed by atoms with Gasteiger partial charge in [-0.15, -0.1) is 0 Å². The molecule has 0 bridgehead atoms. The lowest BCUT2D eigenvalue weighted by molar-refractivity contribution is -0.253. The predicted molar refractivity (Wildman–Crippen MR) is 126 cm³/mol. The molecule has 202 valence electrons. The Kier molecular flexibility index (Phi) is 7.59. The number of ether oxygens (including phenoxy) is 1. The van der Waals surface area contributed by atoms with Gasteiger partial charge in [0, 0.05) is 12.5 Å². The van der Waals surface area contributed by atoms with Crippen molar-refractivity contribution in [2.24, 2.45) is 0 Å². The minimum absolute atomic E-state index is 0.0762. The number of carbonyl (C=O) groups is 1. The van der Waals surface area contributed by atoms with Crippen molar-refractivity contribution in [3.8, 4) is 5.75 Å². The first kappa shape index (κ1) is 27.3. The molecule has 0 heterocycles. The Hall–Kier alpha value is -3.73. The minimum atomic E-state index is -4.91. The number of urea groups is 1. The van der Waals surface area contributed by atoms with Crippen LogP contribution in [-0.4, -0.2) is 35.8 Å². The molecule has 0 radical (unpaired) electrons. The quantitative estimate of drug-likeness (QED) is 0.298. The molecule has 5 nitrogen and oxygen atoms in total. The van der Waals surface area contributed by atoms with E-state index in [0.29, 0.717) is 24.5 Å². The van der Waals surface area contributed by atoms with E-state index in [1.165, 1.54) is 12.1 Å². The molecule has 1 aliphatic carbocycles. The smallest absolute Gasteiger partial charge is 0.428 e. The molecule has 0 saturated heterocycles. The fourth-order valence-corrected chi connectivity index (χ4v) is 4.20. The van der Waals surface area contributed by atoms with Crippen LogP contribution in [0.15, 0.2) is 72.8 Å². The van der Waals surface area contributed by atoms with Crippen LogP contribution in [0.4, 0.5) is 31.1 Å². The number of alkyl halides is 4. The largest absolute Gasteiger partial charge is 0.461 e. The molecule has 1 saturated carbocycles. The molecule has 0 aromatic heterocycles. The Morgan fingerprint density at radius 3 is 2.18 bits per heavy atom. The summed E-state index contributed by atoms with van der Waals surface area (Å²) in [6, 6.07) is 15.0. The summed E-state index contributed by atoms with van der Waals surface area (Å²) in [6.07, 6.45) is -8.14. The van der Waals surface area contributed by atoms with Gasteiger partial charge in [0.05, 0.1) is 17.7 Å². The first-order valence-corrected chi connectivity index (χ1v) is 11.6. The lowest BCUT2D eigenvalue weighted by Gasteiger charge is -2.37. The Morgan fingerprint density at radius 2 is 1.61 bits per heavy atom. The van der Waals surface area contributed by atoms with E-state index in [9.17, 15) is 36.2 Å². The van der Waals surface area contributed by atoms with Crippen molar-refractivity contribution in [2.45, 2.75) is 42.9 Å². The van der Waals surface area contributed by atoms with Gasteiger partial charge < -0.3 is 20.5 Å². The van der Waals surface area contributed by atoms with Gasteiger partial charge in [-0.25, -0.2) is 13.6 Å². The third kappa shape index (κ3) is 6.04. The van der Waals surface area contributed by atoms with E-state index in [4.69, 9.17) is 0 Å². The lowest BCUT2D eigenvalue weighted by Crippen LogP contribution is -2.55. The van der Waals surface area contributed by atoms with Crippen molar-refractivity contribution < 1.29 is 41.0 Å². The van der Waals surface area contributed by atoms with E-state index in [0.717, 1.165) is 24.3 Å². The molecule has 1 aliphatic rings. The molecular formula is C27H24F6N2O3. The van der Waals surface area contributed by atoms with Gasteiger partial charge >= 0.3 is 18.6 Å². The first-order valence-electron chi connectivity index (χ1n) is 11.6. The monoisotopic (exact) mass is 538 g/mol. The van der Waals surface area contributed by atoms with Gasteiger partial charge in [-0.1, -0.05) is 42.5 Å². The first-order chi connectivity index (χ1) is 18.0. The van der Waals surface area contributed by atoms with Crippen molar-refractivity contribution in [3.05, 3.63) is 101 Å². The summed E-state index contributed by atoms with van der Waals surface area (Å²) < 4.78 is 85.8. The highest BCUT2D eigenvalue weighted by Crippen LogP contribution is 2.39. The van der Waals surface area contributed by atoms with Crippen LogP contribution in [0.25, 0.3) is 0 Å². The second-order valence-electron chi connectivity index (χ2n) is 9.23. The number of hydrogen-bond acceptors (Lipinski definition) is 3. The molecule has 38 heavy (non-hydrogen) atoms. The normalized spacial score (nSPS) is 16.0. The van der Waals surface area contributed by atoms with Gasteiger partial charge in [-0.05, 0) is 53.8 Å². The lowest BCUT2D eigenvalue weighted by atomic mass is 9.77. The van der Waals surface area contributed by atoms with Gasteiger partial charge in [0.2, 0.25) is 0 Å². The average molecular weight is 538 g/mol. The maximum atomic E-state index is 14.8. The second-order valence-corrected chi connectivity index (χ2v) is 9.23. The van der Waals surface area contributed by atoms with E-state index in [1.54, 1.807) is 30.3 Å². The summed E-state index contributed by atoms with van der Waals surface area (Å²) in [7, 11) is 0. The standard InChI is InChI=1S/C27H24F6N2O3/c28-20-8-6-18(7-9-20)26(15-17-4-2-1-3-5-17,35-24(37)34-25(16-36)10-11-25)19-12-21(29)14-22(13-19)38-27(32,33)23(30)31/h1-9,12-14,23,36H,10-11,15-16H2,(H2,34,35,37). The van der Waals surface area contributed by atoms with Crippen LogP contribution in [0.1, 0.15) is 29.5 Å². The molecule has 4 rings (SSSR count). The minimum Gasteiger partial charge on any atom is -0.428 e. The molecule has 3 N–H and O–H groups in total. The number of carbonyl (C=O) groups excluding carboxylic acids is 1. The van der Waals surface area contributed by atoms with Gasteiger partial charge in [-0.3, -0.25) is 0 Å². The Balaban J connectivity index is 1.88. The Morgan fingerprint density at radius 1 is 0.947 bits per heavy atom. The van der Waals surface area contributed by atoms with Crippen LogP contribution in [0, 0.1) is 11.6 Å². The molecule has 0 spiro atoms. The van der Waals surface area contributed by atoms with Gasteiger partial charge in [0.1, 0.15) is 17.4 Å². The van der Waals surface area contributed by atoms with Crippen molar-refractivity contribution in [3.63, 3.8) is 0 Å². The van der Waals surface area contributed by atoms with Crippen LogP contribution in [0.3, 0.4) is 0 Å². The number of nitrogens with one attached hydrogen (secondary N) is 2. The molecule has 3 aromatic rings. The SMILES string of the molecule is O=C(NC1(CO)CC1)NC(Cc1ccccc1)(c1ccc(F)cc1)c1cc(F)cc(OC(F)(F)C(F)F)c1. The molecule has 1 fully saturated rings. The summed E-state index contributed by atoms with van der Waals surface area (Å²) in [4.78, 5) is 13.2. The zero-order chi connectivity index (χ0) is 27.6. The molecule has 11 heteroatoms. The molecular weight excluding hydrogens is 514 g/mol. The molecule has 0 aliphatic heterocycles. The number of rotatable bonds is 10. The Bertz CT molecular complexity index is 1270. The van der Waals surface area contributed by atoms with E-state index >= 15 is 0 Å². The number of aliphatic hydroxyl groups is 1. The number of amides is 2. The highest BCUT2D eigenvalue weighted by molar-refractivity contribution is 5.77. The summed E-state index contributed by atoms with van der Waals surface area (Å²) in [5, 5.41) is 15.1. The molecule has 2 amide bonds. The van der Waals surface area contributed by atoms with Gasteiger partial charge in [-0.2, -0.15) is 17.6 Å². The van der Waals surface area contributed by atoms with Crippen LogP contribution < -0.4 is 15.4 Å². The molecule has 1 atom stereocenters. The number of hydrogen-bond donors (Lipinski definition) is 3. The molecule has 3 aromatic carbocycles. The average Bonchev–Trinajstić information content (AvgIpc) is 3.63. The zero-order valence-corrected chi connectivity index (χ0v) is 19.9. The number of halogens is 6. The third-order valence-electron chi connectivity index (χ3n) is 6.38. The topological polar surface area (TPSA) is 70.6 Å².